The summed E-state index contributed by atoms with van der Waals surface area (Å²) in [5.41, 5.74) is 4.34. The van der Waals surface area contributed by atoms with Gasteiger partial charge in [-0.3, -0.25) is 18.0 Å². The molecule has 0 radical (unpaired) electrons. The molecule has 8 atom stereocenters. The average Bonchev–Trinajstić information content (AvgIpc) is 3.07. The Morgan fingerprint density at radius 1 is 0.930 bits per heavy atom. The quantitative estimate of drug-likeness (QED) is 0.0733. The van der Waals surface area contributed by atoms with Gasteiger partial charge in [0.15, 0.2) is 6.23 Å². The van der Waals surface area contributed by atoms with Crippen molar-refractivity contribution in [3.05, 3.63) is 22.7 Å². The summed E-state index contributed by atoms with van der Waals surface area (Å²) in [5, 5.41) is 62.5. The maximum atomic E-state index is 11.8. The van der Waals surface area contributed by atoms with Crippen molar-refractivity contribution in [1.29, 1.82) is 0 Å². The van der Waals surface area contributed by atoms with E-state index < -0.39 is 91.8 Å². The maximum absolute atomic E-state index is 11.8. The van der Waals surface area contributed by atoms with Crippen LogP contribution in [0.1, 0.15) is 6.23 Å². The number of hydrogen-bond acceptors (Lipinski definition) is 21. The van der Waals surface area contributed by atoms with E-state index in [4.69, 9.17) is 36.0 Å². The number of hydrogen-bond donors (Lipinski definition) is 8. The van der Waals surface area contributed by atoms with Crippen LogP contribution in [0.3, 0.4) is 0 Å². The molecule has 2 rings (SSSR count). The predicted octanol–water partition coefficient (Wildman–Crippen LogP) is -19.7. The van der Waals surface area contributed by atoms with E-state index in [0.29, 0.717) is 0 Å². The molecule has 43 heavy (non-hydrogen) atoms. The summed E-state index contributed by atoms with van der Waals surface area (Å²) >= 11 is 0. The van der Waals surface area contributed by atoms with Gasteiger partial charge in [0, 0.05) is 6.20 Å². The van der Waals surface area contributed by atoms with Crippen molar-refractivity contribution in [2.75, 3.05) is 25.6 Å². The molecule has 1 aliphatic rings. The van der Waals surface area contributed by atoms with Gasteiger partial charge < -0.3 is 74.9 Å². The second-order valence-corrected chi connectivity index (χ2v) is 11.6. The van der Waals surface area contributed by atoms with E-state index in [1.54, 1.807) is 0 Å². The zero-order valence-electron chi connectivity index (χ0n) is 23.2. The molecule has 1 aromatic rings. The number of anilines is 1. The monoisotopic (exact) mass is 723 g/mol. The van der Waals surface area contributed by atoms with E-state index in [9.17, 15) is 48.3 Å². The molecule has 29 heteroatoms. The van der Waals surface area contributed by atoms with E-state index >= 15 is 0 Å². The zero-order chi connectivity index (χ0) is 30.3. The molecular weight excluding hydrogens is 699 g/mol. The number of phosphoric ester groups is 1. The predicted molar refractivity (Wildman–Crippen MR) is 112 cm³/mol. The molecule has 0 aromatic carbocycles. The summed E-state index contributed by atoms with van der Waals surface area (Å²) in [7, 11) is -18.1. The van der Waals surface area contributed by atoms with Crippen LogP contribution in [0.15, 0.2) is 17.1 Å². The Bertz CT molecular complexity index is 1140. The third kappa shape index (κ3) is 18.9. The van der Waals surface area contributed by atoms with Gasteiger partial charge in [-0.2, -0.15) is 4.98 Å². The molecule has 22 nitrogen and oxygen atoms in total. The molecule has 1 saturated heterocycles. The summed E-state index contributed by atoms with van der Waals surface area (Å²) in [6, 6.07) is 1.17. The smallest absolute Gasteiger partial charge is 0.790 e. The SMILES string of the molecule is Nc1ccn([C@@H]2O[C@H](COP(=O)([O-])OP(=O)([O-])OP(=O)([O-])[O-])[C@@H](O)[C@H]2O)c(=O)n1.OCC(O)C(O)C(O)CO.[Na+].[Na+].[Na+].[Na+]. The van der Waals surface area contributed by atoms with Crippen molar-refractivity contribution in [1.82, 2.24) is 9.55 Å². The molecule has 1 fully saturated rings. The number of aromatic nitrogens is 2. The number of nitrogens with two attached hydrogens (primary N) is 1. The zero-order valence-corrected chi connectivity index (χ0v) is 33.8. The van der Waals surface area contributed by atoms with Crippen molar-refractivity contribution in [3.8, 4) is 0 Å². The van der Waals surface area contributed by atoms with Gasteiger partial charge in [0.2, 0.25) is 0 Å². The topological polar surface area (TPSA) is 383 Å². The van der Waals surface area contributed by atoms with Gasteiger partial charge in [-0.15, -0.1) is 0 Å². The Morgan fingerprint density at radius 2 is 1.42 bits per heavy atom. The van der Waals surface area contributed by atoms with Gasteiger partial charge in [0.05, 0.1) is 27.6 Å². The standard InChI is InChI=1S/C9H16N3O14P3.C5H12O5.4Na/c10-5-1-2-12(9(15)11-5)8-7(14)6(13)4(24-8)3-23-28(19,20)26-29(21,22)25-27(16,17)18;6-1-3(8)5(10)4(9)2-7;;;;/h1-2,4,6-8,13-14H,3H2,(H,19,20)(H,21,22)(H2,10,11,15)(H2,16,17,18);3-10H,1-2H2;;;;/q;;4*+1/p-4/t4-,6-,7-,8-;;;;;/m1...../s1. The first-order valence-corrected chi connectivity index (χ1v) is 14.4. The molecule has 9 N–H and O–H groups in total. The first kappa shape index (κ1) is 52.6. The largest absolute Gasteiger partial charge is 1.00 e. The van der Waals surface area contributed by atoms with Gasteiger partial charge in [0.25, 0.3) is 15.6 Å². The van der Waals surface area contributed by atoms with E-state index in [1.807, 2.05) is 0 Å². The fourth-order valence-corrected chi connectivity index (χ4v) is 5.50. The molecule has 0 amide bonds. The first-order valence-electron chi connectivity index (χ1n) is 10.1. The summed E-state index contributed by atoms with van der Waals surface area (Å²) in [6.45, 7) is -2.42. The van der Waals surface area contributed by atoms with E-state index in [-0.39, 0.29) is 124 Å². The summed E-state index contributed by atoms with van der Waals surface area (Å²) in [4.78, 5) is 58.2. The van der Waals surface area contributed by atoms with E-state index in [2.05, 4.69) is 18.1 Å². The molecule has 1 aromatic heterocycles. The number of ether oxygens (including phenoxy) is 1. The second kappa shape index (κ2) is 23.2. The summed E-state index contributed by atoms with van der Waals surface area (Å²) in [6.07, 6.45) is -9.96. The van der Waals surface area contributed by atoms with Crippen molar-refractivity contribution in [2.24, 2.45) is 0 Å². The minimum absolute atomic E-state index is 0. The van der Waals surface area contributed by atoms with Crippen LogP contribution in [-0.4, -0.2) is 102 Å². The van der Waals surface area contributed by atoms with Crippen LogP contribution in [0.2, 0.25) is 0 Å². The van der Waals surface area contributed by atoms with Gasteiger partial charge in [-0.05, 0) is 6.07 Å². The molecule has 228 valence electrons. The molecule has 0 aliphatic carbocycles. The molecule has 4 unspecified atom stereocenters. The fourth-order valence-electron chi connectivity index (χ4n) is 2.64. The van der Waals surface area contributed by atoms with Crippen LogP contribution in [0.4, 0.5) is 5.82 Å². The number of aliphatic hydroxyl groups excluding tert-OH is 7. The normalized spacial score (nSPS) is 24.4. The van der Waals surface area contributed by atoms with E-state index in [0.717, 1.165) is 10.8 Å². The van der Waals surface area contributed by atoms with Gasteiger partial charge >= 0.3 is 124 Å². The second-order valence-electron chi connectivity index (χ2n) is 7.38. The number of aliphatic hydroxyl groups is 7. The number of nitrogen functional groups attached to an aromatic ring is 1. The van der Waals surface area contributed by atoms with Crippen LogP contribution < -0.4 is 149 Å². The minimum Gasteiger partial charge on any atom is -0.790 e. The molecule has 2 heterocycles. The molecule has 0 spiro atoms. The van der Waals surface area contributed by atoms with Crippen molar-refractivity contribution >= 4 is 29.3 Å². The van der Waals surface area contributed by atoms with Crippen molar-refractivity contribution in [2.45, 2.75) is 42.9 Å². The Morgan fingerprint density at radius 3 is 1.84 bits per heavy atom. The summed E-state index contributed by atoms with van der Waals surface area (Å²) < 4.78 is 49.1. The molecular formula is C14H24N3Na4O19P3. The third-order valence-corrected chi connectivity index (χ3v) is 8.09. The van der Waals surface area contributed by atoms with Crippen LogP contribution >= 0.6 is 23.5 Å². The molecule has 1 aliphatic heterocycles. The Labute approximate surface area is 331 Å². The average molecular weight is 723 g/mol. The van der Waals surface area contributed by atoms with Gasteiger partial charge in [0.1, 0.15) is 42.4 Å². The van der Waals surface area contributed by atoms with Crippen molar-refractivity contribution < 1.29 is 205 Å². The maximum Gasteiger partial charge on any atom is 1.00 e. The Kier molecular flexibility index (Phi) is 28.4. The van der Waals surface area contributed by atoms with Crippen LogP contribution in [0, 0.1) is 0 Å². The third-order valence-electron chi connectivity index (χ3n) is 4.42. The van der Waals surface area contributed by atoms with E-state index in [1.165, 1.54) is 6.07 Å². The minimum atomic E-state index is -6.15. The van der Waals surface area contributed by atoms with Gasteiger partial charge in [-0.1, -0.05) is 0 Å². The Balaban J connectivity index is -0.000000471. The van der Waals surface area contributed by atoms with Crippen LogP contribution in [0.25, 0.3) is 0 Å². The van der Waals surface area contributed by atoms with Gasteiger partial charge in [-0.25, -0.2) is 9.11 Å². The van der Waals surface area contributed by atoms with Crippen LogP contribution in [0.5, 0.6) is 0 Å². The summed E-state index contributed by atoms with van der Waals surface area (Å²) in [5.74, 6) is -0.145. The number of phosphoric acid groups is 3. The Hall–Kier alpha value is 2.77. The molecule has 0 bridgehead atoms. The van der Waals surface area contributed by atoms with Crippen molar-refractivity contribution in [3.63, 3.8) is 0 Å². The number of nitrogens with zero attached hydrogens (tertiary/aromatic N) is 2. The fraction of sp³-hybridized carbons (Fsp3) is 0.714. The molecule has 0 saturated carbocycles. The number of rotatable bonds is 12. The van der Waals surface area contributed by atoms with Crippen LogP contribution in [-0.2, 0) is 31.6 Å². The first-order chi connectivity index (χ1) is 17.7.